The molecule has 0 saturated heterocycles. The second-order valence-electron chi connectivity index (χ2n) is 3.18. The topological polar surface area (TPSA) is 70.7 Å². The Balaban J connectivity index is 1.99. The van der Waals surface area contributed by atoms with Gasteiger partial charge in [-0.05, 0) is 12.8 Å². The summed E-state index contributed by atoms with van der Waals surface area (Å²) in [6.45, 7) is 0.668. The molecule has 1 heterocycles. The molecule has 1 amide bonds. The maximum atomic E-state index is 11.2. The molecule has 0 aromatic carbocycles. The van der Waals surface area contributed by atoms with Gasteiger partial charge in [-0.25, -0.2) is 4.98 Å². The molecule has 0 saturated carbocycles. The summed E-state index contributed by atoms with van der Waals surface area (Å²) in [6.07, 6.45) is 4.38. The van der Waals surface area contributed by atoms with Crippen LogP contribution >= 0.6 is 11.6 Å². The van der Waals surface area contributed by atoms with Gasteiger partial charge in [-0.2, -0.15) is 5.10 Å². The van der Waals surface area contributed by atoms with Crippen LogP contribution in [0.2, 0.25) is 0 Å². The van der Waals surface area contributed by atoms with E-state index in [2.05, 4.69) is 20.5 Å². The first kappa shape index (κ1) is 12.0. The van der Waals surface area contributed by atoms with Crippen LogP contribution < -0.4 is 5.32 Å². The third kappa shape index (κ3) is 5.37. The van der Waals surface area contributed by atoms with Gasteiger partial charge >= 0.3 is 0 Å². The van der Waals surface area contributed by atoms with Crippen LogP contribution in [0.1, 0.15) is 25.1 Å². The number of aromatic amines is 1. The van der Waals surface area contributed by atoms with Gasteiger partial charge in [-0.15, -0.1) is 11.6 Å². The molecular weight excluding hydrogens is 216 g/mol. The Labute approximate surface area is 93.6 Å². The average Bonchev–Trinajstić information content (AvgIpc) is 2.74. The lowest BCUT2D eigenvalue weighted by molar-refractivity contribution is -0.121. The van der Waals surface area contributed by atoms with Crippen LogP contribution in [0.3, 0.4) is 0 Å². The van der Waals surface area contributed by atoms with E-state index < -0.39 is 0 Å². The first-order valence-corrected chi connectivity index (χ1v) is 5.53. The average molecular weight is 231 g/mol. The van der Waals surface area contributed by atoms with Crippen molar-refractivity contribution in [2.45, 2.75) is 25.7 Å². The minimum absolute atomic E-state index is 0.0632. The van der Waals surface area contributed by atoms with E-state index in [1.165, 1.54) is 6.33 Å². The van der Waals surface area contributed by atoms with Crippen molar-refractivity contribution < 1.29 is 4.79 Å². The van der Waals surface area contributed by atoms with Crippen molar-refractivity contribution in [3.63, 3.8) is 0 Å². The lowest BCUT2D eigenvalue weighted by atomic mass is 10.3. The van der Waals surface area contributed by atoms with E-state index >= 15 is 0 Å². The number of nitrogens with one attached hydrogen (secondary N) is 2. The zero-order valence-electron chi connectivity index (χ0n) is 8.50. The summed E-state index contributed by atoms with van der Waals surface area (Å²) in [5.41, 5.74) is 0. The standard InChI is InChI=1S/C9H15ClN4O/c10-5-1-4-9(15)11-6-2-3-8-12-7-13-14-8/h7H,1-6H2,(H,11,15)(H,12,13,14). The largest absolute Gasteiger partial charge is 0.356 e. The number of halogens is 1. The maximum absolute atomic E-state index is 11.2. The summed E-state index contributed by atoms with van der Waals surface area (Å²) < 4.78 is 0. The number of hydrogen-bond donors (Lipinski definition) is 2. The predicted octanol–water partition coefficient (Wildman–Crippen LogP) is 0.872. The molecule has 2 N–H and O–H groups in total. The summed E-state index contributed by atoms with van der Waals surface area (Å²) in [5.74, 6) is 1.45. The van der Waals surface area contributed by atoms with E-state index in [-0.39, 0.29) is 5.91 Å². The minimum Gasteiger partial charge on any atom is -0.356 e. The van der Waals surface area contributed by atoms with E-state index in [4.69, 9.17) is 11.6 Å². The highest BCUT2D eigenvalue weighted by Crippen LogP contribution is 1.94. The van der Waals surface area contributed by atoms with Crippen LogP contribution in [0.25, 0.3) is 0 Å². The number of H-pyrrole nitrogens is 1. The Bertz CT molecular complexity index is 276. The van der Waals surface area contributed by atoms with E-state index in [9.17, 15) is 4.79 Å². The monoisotopic (exact) mass is 230 g/mol. The van der Waals surface area contributed by atoms with E-state index in [0.717, 1.165) is 25.1 Å². The highest BCUT2D eigenvalue weighted by Gasteiger charge is 2.00. The highest BCUT2D eigenvalue weighted by molar-refractivity contribution is 6.17. The second-order valence-corrected chi connectivity index (χ2v) is 3.56. The lowest BCUT2D eigenvalue weighted by Gasteiger charge is -2.02. The van der Waals surface area contributed by atoms with Crippen molar-refractivity contribution in [2.24, 2.45) is 0 Å². The normalized spacial score (nSPS) is 10.2. The van der Waals surface area contributed by atoms with Crippen LogP contribution in [0.4, 0.5) is 0 Å². The Morgan fingerprint density at radius 2 is 2.40 bits per heavy atom. The van der Waals surface area contributed by atoms with Crippen molar-refractivity contribution in [2.75, 3.05) is 12.4 Å². The Morgan fingerprint density at radius 3 is 3.07 bits per heavy atom. The molecule has 84 valence electrons. The molecule has 0 radical (unpaired) electrons. The van der Waals surface area contributed by atoms with Gasteiger partial charge in [0.15, 0.2) is 0 Å². The number of nitrogens with zero attached hydrogens (tertiary/aromatic N) is 2. The molecule has 1 aromatic heterocycles. The first-order chi connectivity index (χ1) is 7.33. The van der Waals surface area contributed by atoms with Crippen molar-refractivity contribution in [1.29, 1.82) is 0 Å². The lowest BCUT2D eigenvalue weighted by Crippen LogP contribution is -2.24. The third-order valence-corrected chi connectivity index (χ3v) is 2.18. The second kappa shape index (κ2) is 7.23. The number of hydrogen-bond acceptors (Lipinski definition) is 3. The van der Waals surface area contributed by atoms with Crippen LogP contribution in [-0.2, 0) is 11.2 Å². The molecule has 1 rings (SSSR count). The van der Waals surface area contributed by atoms with E-state index in [0.29, 0.717) is 18.8 Å². The summed E-state index contributed by atoms with van der Waals surface area (Å²) in [5, 5.41) is 9.33. The molecule has 0 spiro atoms. The number of aromatic nitrogens is 3. The first-order valence-electron chi connectivity index (χ1n) is 5.00. The predicted molar refractivity (Wildman–Crippen MR) is 57.7 cm³/mol. The van der Waals surface area contributed by atoms with Crippen molar-refractivity contribution in [3.05, 3.63) is 12.2 Å². The third-order valence-electron chi connectivity index (χ3n) is 1.91. The molecule has 0 atom stereocenters. The van der Waals surface area contributed by atoms with E-state index in [1.807, 2.05) is 0 Å². The van der Waals surface area contributed by atoms with Gasteiger partial charge in [0.1, 0.15) is 12.2 Å². The fourth-order valence-electron chi connectivity index (χ4n) is 1.15. The Kier molecular flexibility index (Phi) is 5.77. The molecule has 0 unspecified atom stereocenters. The summed E-state index contributed by atoms with van der Waals surface area (Å²) in [7, 11) is 0. The molecule has 15 heavy (non-hydrogen) atoms. The van der Waals surface area contributed by atoms with Crippen LogP contribution in [0.15, 0.2) is 6.33 Å². The van der Waals surface area contributed by atoms with Gasteiger partial charge in [-0.1, -0.05) is 0 Å². The van der Waals surface area contributed by atoms with Crippen LogP contribution in [0.5, 0.6) is 0 Å². The summed E-state index contributed by atoms with van der Waals surface area (Å²) >= 11 is 5.48. The van der Waals surface area contributed by atoms with Gasteiger partial charge in [0, 0.05) is 25.3 Å². The van der Waals surface area contributed by atoms with Crippen LogP contribution in [-0.4, -0.2) is 33.5 Å². The molecule has 0 aliphatic heterocycles. The number of alkyl halides is 1. The maximum Gasteiger partial charge on any atom is 0.220 e. The minimum atomic E-state index is 0.0632. The Hall–Kier alpha value is -1.10. The number of carbonyl (C=O) groups excluding carboxylic acids is 1. The quantitative estimate of drug-likeness (QED) is 0.540. The zero-order chi connectivity index (χ0) is 10.9. The van der Waals surface area contributed by atoms with Gasteiger partial charge in [0.25, 0.3) is 0 Å². The van der Waals surface area contributed by atoms with Gasteiger partial charge in [0.05, 0.1) is 0 Å². The fourth-order valence-corrected chi connectivity index (χ4v) is 1.28. The SMILES string of the molecule is O=C(CCCCl)NCCCc1ncn[nH]1. The van der Waals surface area contributed by atoms with Crippen molar-refractivity contribution >= 4 is 17.5 Å². The van der Waals surface area contributed by atoms with Gasteiger partial charge in [-0.3, -0.25) is 9.89 Å². The number of rotatable bonds is 7. The van der Waals surface area contributed by atoms with Gasteiger partial charge < -0.3 is 5.32 Å². The molecule has 6 heteroatoms. The zero-order valence-corrected chi connectivity index (χ0v) is 9.26. The number of aryl methyl sites for hydroxylation is 1. The number of carbonyl (C=O) groups is 1. The smallest absolute Gasteiger partial charge is 0.220 e. The van der Waals surface area contributed by atoms with Gasteiger partial charge in [0.2, 0.25) is 5.91 Å². The molecule has 1 aromatic rings. The molecule has 5 nitrogen and oxygen atoms in total. The fraction of sp³-hybridized carbons (Fsp3) is 0.667. The Morgan fingerprint density at radius 1 is 1.53 bits per heavy atom. The summed E-state index contributed by atoms with van der Waals surface area (Å²) in [4.78, 5) is 15.1. The van der Waals surface area contributed by atoms with Crippen molar-refractivity contribution in [1.82, 2.24) is 20.5 Å². The molecule has 0 bridgehead atoms. The molecule has 0 aliphatic carbocycles. The molecule has 0 aliphatic rings. The van der Waals surface area contributed by atoms with Crippen molar-refractivity contribution in [3.8, 4) is 0 Å². The van der Waals surface area contributed by atoms with Crippen LogP contribution in [0, 0.1) is 0 Å². The molecule has 0 fully saturated rings. The summed E-state index contributed by atoms with van der Waals surface area (Å²) in [6, 6.07) is 0. The number of amides is 1. The van der Waals surface area contributed by atoms with E-state index in [1.54, 1.807) is 0 Å². The molecular formula is C9H15ClN4O. The highest BCUT2D eigenvalue weighted by atomic mass is 35.5.